The molecule has 1 N–H and O–H groups in total. The van der Waals surface area contributed by atoms with E-state index in [1.165, 1.54) is 5.56 Å². The molecule has 0 spiro atoms. The Hall–Kier alpha value is -2.66. The van der Waals surface area contributed by atoms with E-state index in [0.717, 1.165) is 17.5 Å². The van der Waals surface area contributed by atoms with Gasteiger partial charge in [-0.2, -0.15) is 0 Å². The number of hydrogen-bond acceptors (Lipinski definition) is 4. The van der Waals surface area contributed by atoms with Crippen LogP contribution in [-0.4, -0.2) is 35.0 Å². The lowest BCUT2D eigenvalue weighted by atomic mass is 10.00. The van der Waals surface area contributed by atoms with Gasteiger partial charge >= 0.3 is 5.97 Å². The number of fused-ring (bicyclic) bond motifs is 1. The second kappa shape index (κ2) is 7.27. The van der Waals surface area contributed by atoms with Gasteiger partial charge in [0.25, 0.3) is 5.91 Å². The normalized spacial score (nSPS) is 13.3. The predicted molar refractivity (Wildman–Crippen MR) is 88.2 cm³/mol. The Balaban J connectivity index is 1.55. The van der Waals surface area contributed by atoms with Crippen LogP contribution in [0.5, 0.6) is 0 Å². The minimum Gasteiger partial charge on any atom is -0.452 e. The molecule has 0 bridgehead atoms. The quantitative estimate of drug-likeness (QED) is 0.872. The van der Waals surface area contributed by atoms with Gasteiger partial charge in [-0.05, 0) is 35.2 Å². The van der Waals surface area contributed by atoms with Crippen molar-refractivity contribution in [1.82, 2.24) is 4.90 Å². The van der Waals surface area contributed by atoms with E-state index in [1.54, 1.807) is 29.2 Å². The van der Waals surface area contributed by atoms with Crippen LogP contribution < -0.4 is 0 Å². The number of benzene rings is 2. The number of carbonyl (C=O) groups is 2. The van der Waals surface area contributed by atoms with Gasteiger partial charge in [-0.25, -0.2) is 4.79 Å². The fourth-order valence-electron chi connectivity index (χ4n) is 2.76. The van der Waals surface area contributed by atoms with Gasteiger partial charge in [-0.15, -0.1) is 0 Å². The Morgan fingerprint density at radius 2 is 1.75 bits per heavy atom. The molecular formula is C19H19NO4. The Morgan fingerprint density at radius 1 is 1.04 bits per heavy atom. The van der Waals surface area contributed by atoms with Gasteiger partial charge in [0.1, 0.15) is 0 Å². The Kier molecular flexibility index (Phi) is 4.91. The first-order valence-corrected chi connectivity index (χ1v) is 7.89. The molecule has 0 aliphatic carbocycles. The van der Waals surface area contributed by atoms with E-state index in [2.05, 4.69) is 6.07 Å². The summed E-state index contributed by atoms with van der Waals surface area (Å²) in [5, 5.41) is 8.99. The number of aliphatic hydroxyl groups is 1. The van der Waals surface area contributed by atoms with Crippen molar-refractivity contribution in [3.8, 4) is 0 Å². The summed E-state index contributed by atoms with van der Waals surface area (Å²) in [6.07, 6.45) is 0.818. The Bertz CT molecular complexity index is 739. The molecule has 0 radical (unpaired) electrons. The molecule has 0 aromatic heterocycles. The molecule has 3 rings (SSSR count). The van der Waals surface area contributed by atoms with Crippen molar-refractivity contribution in [2.75, 3.05) is 13.2 Å². The second-order valence-electron chi connectivity index (χ2n) is 5.77. The minimum absolute atomic E-state index is 0.0791. The number of nitrogens with zero attached hydrogens (tertiary/aromatic N) is 1. The van der Waals surface area contributed by atoms with E-state index in [1.807, 2.05) is 18.2 Å². The summed E-state index contributed by atoms with van der Waals surface area (Å²) in [5.41, 5.74) is 3.49. The lowest BCUT2D eigenvalue weighted by molar-refractivity contribution is -0.135. The Morgan fingerprint density at radius 3 is 2.46 bits per heavy atom. The monoisotopic (exact) mass is 325 g/mol. The van der Waals surface area contributed by atoms with E-state index in [0.29, 0.717) is 18.7 Å². The summed E-state index contributed by atoms with van der Waals surface area (Å²) >= 11 is 0. The molecule has 2 aromatic carbocycles. The minimum atomic E-state index is -0.537. The largest absolute Gasteiger partial charge is 0.452 e. The van der Waals surface area contributed by atoms with Crippen molar-refractivity contribution >= 4 is 11.9 Å². The fourth-order valence-corrected chi connectivity index (χ4v) is 2.76. The third-order valence-electron chi connectivity index (χ3n) is 4.18. The zero-order valence-corrected chi connectivity index (χ0v) is 13.3. The van der Waals surface area contributed by atoms with Crippen molar-refractivity contribution in [3.63, 3.8) is 0 Å². The highest BCUT2D eigenvalue weighted by Crippen LogP contribution is 2.18. The zero-order chi connectivity index (χ0) is 16.9. The molecule has 5 nitrogen and oxygen atoms in total. The lowest BCUT2D eigenvalue weighted by Crippen LogP contribution is -2.38. The van der Waals surface area contributed by atoms with Gasteiger partial charge in [0.05, 0.1) is 12.2 Å². The van der Waals surface area contributed by atoms with Crippen LogP contribution in [0.25, 0.3) is 0 Å². The van der Waals surface area contributed by atoms with Crippen LogP contribution in [0, 0.1) is 0 Å². The molecule has 2 aromatic rings. The van der Waals surface area contributed by atoms with Crippen LogP contribution >= 0.6 is 0 Å². The first-order chi connectivity index (χ1) is 11.7. The molecule has 124 valence electrons. The summed E-state index contributed by atoms with van der Waals surface area (Å²) in [5.74, 6) is -0.727. The molecule has 1 aliphatic rings. The summed E-state index contributed by atoms with van der Waals surface area (Å²) in [6.45, 7) is 0.851. The number of aliphatic hydroxyl groups excluding tert-OH is 1. The van der Waals surface area contributed by atoms with Crippen LogP contribution in [0.1, 0.15) is 27.0 Å². The summed E-state index contributed by atoms with van der Waals surface area (Å²) < 4.78 is 5.11. The first-order valence-electron chi connectivity index (χ1n) is 7.89. The predicted octanol–water partition coefficient (Wildman–Crippen LogP) is 1.92. The summed E-state index contributed by atoms with van der Waals surface area (Å²) in [7, 11) is 0. The van der Waals surface area contributed by atoms with E-state index in [9.17, 15) is 9.59 Å². The summed E-state index contributed by atoms with van der Waals surface area (Å²) in [6, 6.07) is 14.5. The molecule has 0 saturated heterocycles. The van der Waals surface area contributed by atoms with Gasteiger partial charge in [0.2, 0.25) is 0 Å². The average Bonchev–Trinajstić information content (AvgIpc) is 2.65. The maximum Gasteiger partial charge on any atom is 0.338 e. The second-order valence-corrected chi connectivity index (χ2v) is 5.77. The standard InChI is InChI=1S/C19H19NO4/c21-12-14-5-7-16(8-6-14)19(23)24-13-18(22)20-10-9-15-3-1-2-4-17(15)11-20/h1-8,21H,9-13H2. The smallest absolute Gasteiger partial charge is 0.338 e. The fraction of sp³-hybridized carbons (Fsp3) is 0.263. The van der Waals surface area contributed by atoms with E-state index in [4.69, 9.17) is 9.84 Å². The molecule has 0 atom stereocenters. The molecule has 0 fully saturated rings. The maximum absolute atomic E-state index is 12.3. The molecular weight excluding hydrogens is 306 g/mol. The number of rotatable bonds is 4. The molecule has 0 saturated carbocycles. The number of carbonyl (C=O) groups excluding carboxylic acids is 2. The van der Waals surface area contributed by atoms with Gasteiger partial charge < -0.3 is 14.7 Å². The molecule has 24 heavy (non-hydrogen) atoms. The van der Waals surface area contributed by atoms with Crippen LogP contribution in [0.4, 0.5) is 0 Å². The van der Waals surface area contributed by atoms with Gasteiger partial charge in [-0.1, -0.05) is 36.4 Å². The van der Waals surface area contributed by atoms with Gasteiger partial charge in [0, 0.05) is 13.1 Å². The summed E-state index contributed by atoms with van der Waals surface area (Å²) in [4.78, 5) is 25.9. The van der Waals surface area contributed by atoms with Gasteiger partial charge in [-0.3, -0.25) is 4.79 Å². The van der Waals surface area contributed by atoms with E-state index < -0.39 is 5.97 Å². The van der Waals surface area contributed by atoms with Crippen LogP contribution in [0.15, 0.2) is 48.5 Å². The number of esters is 1. The third-order valence-corrected chi connectivity index (χ3v) is 4.18. The maximum atomic E-state index is 12.3. The van der Waals surface area contributed by atoms with Crippen molar-refractivity contribution in [2.45, 2.75) is 19.6 Å². The third kappa shape index (κ3) is 3.63. The number of ether oxygens (including phenoxy) is 1. The molecule has 1 heterocycles. The zero-order valence-electron chi connectivity index (χ0n) is 13.3. The van der Waals surface area contributed by atoms with Crippen LogP contribution in [0.3, 0.4) is 0 Å². The molecule has 5 heteroatoms. The van der Waals surface area contributed by atoms with Gasteiger partial charge in [0.15, 0.2) is 6.61 Å². The lowest BCUT2D eigenvalue weighted by Gasteiger charge is -2.28. The number of amides is 1. The van der Waals surface area contributed by atoms with E-state index >= 15 is 0 Å². The van der Waals surface area contributed by atoms with Crippen molar-refractivity contribution < 1.29 is 19.4 Å². The number of hydrogen-bond donors (Lipinski definition) is 1. The highest BCUT2D eigenvalue weighted by molar-refractivity contribution is 5.91. The van der Waals surface area contributed by atoms with Crippen molar-refractivity contribution in [2.24, 2.45) is 0 Å². The Labute approximate surface area is 140 Å². The highest BCUT2D eigenvalue weighted by atomic mass is 16.5. The molecule has 1 aliphatic heterocycles. The topological polar surface area (TPSA) is 66.8 Å². The van der Waals surface area contributed by atoms with E-state index in [-0.39, 0.29) is 19.1 Å². The molecule has 1 amide bonds. The van der Waals surface area contributed by atoms with Crippen molar-refractivity contribution in [1.29, 1.82) is 0 Å². The SMILES string of the molecule is O=C(OCC(=O)N1CCc2ccccc2C1)c1ccc(CO)cc1. The van der Waals surface area contributed by atoms with Crippen LogP contribution in [0.2, 0.25) is 0 Å². The highest BCUT2D eigenvalue weighted by Gasteiger charge is 2.21. The van der Waals surface area contributed by atoms with Crippen LogP contribution in [-0.2, 0) is 29.1 Å². The molecule has 0 unspecified atom stereocenters. The van der Waals surface area contributed by atoms with Crippen molar-refractivity contribution in [3.05, 3.63) is 70.8 Å². The average molecular weight is 325 g/mol. The first kappa shape index (κ1) is 16.2.